The second-order valence-electron chi connectivity index (χ2n) is 4.38. The van der Waals surface area contributed by atoms with Crippen molar-refractivity contribution >= 4 is 71.5 Å². The maximum Gasteiger partial charge on any atom is 0.197 e. The van der Waals surface area contributed by atoms with E-state index < -0.39 is 0 Å². The third-order valence-corrected chi connectivity index (χ3v) is 5.67. The number of halogens is 3. The molecule has 2 aromatic heterocycles. The molecule has 6 heteroatoms. The average Bonchev–Trinajstić information content (AvgIpc) is 2.89. The molecule has 0 bridgehead atoms. The third-order valence-electron chi connectivity index (χ3n) is 3.10. The predicted octanol–water partition coefficient (Wildman–Crippen LogP) is 5.65. The van der Waals surface area contributed by atoms with Crippen molar-refractivity contribution in [1.82, 2.24) is 4.57 Å². The maximum atomic E-state index is 12.7. The summed E-state index contributed by atoms with van der Waals surface area (Å²) in [5.74, 6) is 0.00625. The molecule has 0 saturated heterocycles. The molecule has 0 saturated carbocycles. The number of nitrogens with zero attached hydrogens (tertiary/aromatic N) is 1. The van der Waals surface area contributed by atoms with Gasteiger partial charge in [0.1, 0.15) is 0 Å². The topological polar surface area (TPSA) is 22.0 Å². The molecule has 20 heavy (non-hydrogen) atoms. The number of hydrogen-bond acceptors (Lipinski definition) is 2. The fraction of sp³-hybridized carbons (Fsp3) is 0.0714. The second kappa shape index (κ2) is 5.30. The summed E-state index contributed by atoms with van der Waals surface area (Å²) in [6.07, 6.45) is 1.85. The van der Waals surface area contributed by atoms with Crippen LogP contribution in [0, 0.1) is 0 Å². The summed E-state index contributed by atoms with van der Waals surface area (Å²) in [4.78, 5) is 12.7. The molecular weight excluding hydrogens is 425 g/mol. The van der Waals surface area contributed by atoms with Crippen LogP contribution in [-0.2, 0) is 7.05 Å². The van der Waals surface area contributed by atoms with Crippen molar-refractivity contribution in [2.45, 2.75) is 0 Å². The zero-order valence-electron chi connectivity index (χ0n) is 10.3. The molecule has 0 N–H and O–H groups in total. The van der Waals surface area contributed by atoms with E-state index >= 15 is 0 Å². The number of benzene rings is 1. The van der Waals surface area contributed by atoms with Crippen LogP contribution in [-0.4, -0.2) is 10.4 Å². The molecule has 0 spiro atoms. The molecule has 102 valence electrons. The quantitative estimate of drug-likeness (QED) is 0.479. The monoisotopic (exact) mass is 431 g/mol. The predicted molar refractivity (Wildman–Crippen MR) is 91.1 cm³/mol. The number of aryl methyl sites for hydroxylation is 1. The van der Waals surface area contributed by atoms with Crippen molar-refractivity contribution in [2.24, 2.45) is 7.05 Å². The van der Waals surface area contributed by atoms with E-state index in [1.165, 1.54) is 11.3 Å². The van der Waals surface area contributed by atoms with E-state index in [1.54, 1.807) is 6.07 Å². The van der Waals surface area contributed by atoms with E-state index in [4.69, 9.17) is 11.6 Å². The van der Waals surface area contributed by atoms with Crippen LogP contribution >= 0.6 is 54.8 Å². The number of thiophene rings is 1. The maximum absolute atomic E-state index is 12.7. The van der Waals surface area contributed by atoms with Crippen molar-refractivity contribution < 1.29 is 4.79 Å². The van der Waals surface area contributed by atoms with Gasteiger partial charge in [-0.2, -0.15) is 0 Å². The minimum absolute atomic E-state index is 0.00625. The van der Waals surface area contributed by atoms with Crippen molar-refractivity contribution in [1.29, 1.82) is 0 Å². The Morgan fingerprint density at radius 1 is 1.25 bits per heavy atom. The fourth-order valence-corrected chi connectivity index (χ4v) is 5.14. The van der Waals surface area contributed by atoms with E-state index in [0.717, 1.165) is 18.5 Å². The lowest BCUT2D eigenvalue weighted by atomic mass is 10.1. The first-order chi connectivity index (χ1) is 9.47. The van der Waals surface area contributed by atoms with Gasteiger partial charge in [0.2, 0.25) is 0 Å². The van der Waals surface area contributed by atoms with Crippen LogP contribution in [0.2, 0.25) is 5.02 Å². The van der Waals surface area contributed by atoms with Crippen LogP contribution in [0.15, 0.2) is 38.0 Å². The summed E-state index contributed by atoms with van der Waals surface area (Å²) in [5, 5.41) is 1.58. The van der Waals surface area contributed by atoms with Gasteiger partial charge in [0.05, 0.1) is 7.57 Å². The summed E-state index contributed by atoms with van der Waals surface area (Å²) < 4.78 is 3.68. The van der Waals surface area contributed by atoms with Gasteiger partial charge in [-0.05, 0) is 50.1 Å². The molecule has 0 aliphatic rings. The van der Waals surface area contributed by atoms with Gasteiger partial charge in [0.15, 0.2) is 5.78 Å². The minimum Gasteiger partial charge on any atom is -0.350 e. The zero-order valence-corrected chi connectivity index (χ0v) is 15.0. The number of rotatable bonds is 2. The Morgan fingerprint density at radius 3 is 2.65 bits per heavy atom. The molecule has 2 nitrogen and oxygen atoms in total. The van der Waals surface area contributed by atoms with Crippen LogP contribution in [0.5, 0.6) is 0 Å². The first-order valence-corrected chi connectivity index (χ1v) is 8.49. The number of carbonyl (C=O) groups is 1. The van der Waals surface area contributed by atoms with E-state index in [9.17, 15) is 4.79 Å². The molecule has 0 aliphatic carbocycles. The highest BCUT2D eigenvalue weighted by atomic mass is 79.9. The Kier molecular flexibility index (Phi) is 3.79. The van der Waals surface area contributed by atoms with Gasteiger partial charge in [-0.3, -0.25) is 4.79 Å². The van der Waals surface area contributed by atoms with Gasteiger partial charge in [0, 0.05) is 40.3 Å². The van der Waals surface area contributed by atoms with Crippen molar-refractivity contribution in [3.05, 3.63) is 54.2 Å². The zero-order chi connectivity index (χ0) is 14.4. The molecule has 1 aromatic carbocycles. The Labute approximate surface area is 141 Å². The van der Waals surface area contributed by atoms with Gasteiger partial charge in [0.25, 0.3) is 0 Å². The summed E-state index contributed by atoms with van der Waals surface area (Å²) in [7, 11) is 1.91. The summed E-state index contributed by atoms with van der Waals surface area (Å²) in [5.41, 5.74) is 2.31. The average molecular weight is 434 g/mol. The number of fused-ring (bicyclic) bond motifs is 1. The molecule has 3 rings (SSSR count). The first kappa shape index (κ1) is 14.3. The van der Waals surface area contributed by atoms with Gasteiger partial charge in [-0.1, -0.05) is 17.7 Å². The molecule has 0 aliphatic heterocycles. The van der Waals surface area contributed by atoms with Crippen LogP contribution in [0.4, 0.5) is 0 Å². The standard InChI is InChI=1S/C14H8Br2ClNOS/c1-18-6-10(8-3-2-7(17)4-11(8)18)13(19)9-5-12(15)20-14(9)16/h2-6H,1H3. The van der Waals surface area contributed by atoms with Crippen LogP contribution in [0.25, 0.3) is 10.9 Å². The Balaban J connectivity index is 2.20. The van der Waals surface area contributed by atoms with Crippen LogP contribution < -0.4 is 0 Å². The molecule has 0 atom stereocenters. The molecule has 0 unspecified atom stereocenters. The lowest BCUT2D eigenvalue weighted by Crippen LogP contribution is -1.99. The summed E-state index contributed by atoms with van der Waals surface area (Å²) >= 11 is 14.3. The van der Waals surface area contributed by atoms with E-state index in [-0.39, 0.29) is 5.78 Å². The summed E-state index contributed by atoms with van der Waals surface area (Å²) in [6, 6.07) is 7.40. The Morgan fingerprint density at radius 2 is 2.00 bits per heavy atom. The van der Waals surface area contributed by atoms with Gasteiger partial charge >= 0.3 is 0 Å². The van der Waals surface area contributed by atoms with Gasteiger partial charge in [-0.15, -0.1) is 11.3 Å². The van der Waals surface area contributed by atoms with E-state index in [2.05, 4.69) is 31.9 Å². The molecular formula is C14H8Br2ClNOS. The number of carbonyl (C=O) groups excluding carboxylic acids is 1. The SMILES string of the molecule is Cn1cc(C(=O)c2cc(Br)sc2Br)c2ccc(Cl)cc21. The number of aromatic nitrogens is 1. The highest BCUT2D eigenvalue weighted by molar-refractivity contribution is 9.12. The van der Waals surface area contributed by atoms with E-state index in [1.807, 2.05) is 36.0 Å². The number of hydrogen-bond donors (Lipinski definition) is 0. The Hall–Kier alpha value is -0.620. The number of ketones is 1. The van der Waals surface area contributed by atoms with Gasteiger partial charge in [-0.25, -0.2) is 0 Å². The Bertz CT molecular complexity index is 837. The first-order valence-electron chi connectivity index (χ1n) is 5.71. The minimum atomic E-state index is 0.00625. The smallest absolute Gasteiger partial charge is 0.197 e. The lowest BCUT2D eigenvalue weighted by Gasteiger charge is -1.98. The van der Waals surface area contributed by atoms with Crippen LogP contribution in [0.3, 0.4) is 0 Å². The summed E-state index contributed by atoms with van der Waals surface area (Å²) in [6.45, 7) is 0. The highest BCUT2D eigenvalue weighted by Gasteiger charge is 2.20. The molecule has 2 heterocycles. The largest absolute Gasteiger partial charge is 0.350 e. The molecule has 3 aromatic rings. The molecule has 0 fully saturated rings. The highest BCUT2D eigenvalue weighted by Crippen LogP contribution is 2.35. The molecule has 0 radical (unpaired) electrons. The van der Waals surface area contributed by atoms with Gasteiger partial charge < -0.3 is 4.57 Å². The second-order valence-corrected chi connectivity index (χ2v) is 8.57. The van der Waals surface area contributed by atoms with Crippen LogP contribution in [0.1, 0.15) is 15.9 Å². The lowest BCUT2D eigenvalue weighted by molar-refractivity contribution is 0.104. The third kappa shape index (κ3) is 2.37. The fourth-order valence-electron chi connectivity index (χ4n) is 2.18. The van der Waals surface area contributed by atoms with Crippen molar-refractivity contribution in [3.63, 3.8) is 0 Å². The van der Waals surface area contributed by atoms with E-state index in [0.29, 0.717) is 16.1 Å². The van der Waals surface area contributed by atoms with Crippen molar-refractivity contribution in [3.8, 4) is 0 Å². The molecule has 0 amide bonds. The van der Waals surface area contributed by atoms with Crippen molar-refractivity contribution in [2.75, 3.05) is 0 Å². The normalized spacial score (nSPS) is 11.2.